The average molecular weight is 480 g/mol. The lowest BCUT2D eigenvalue weighted by Gasteiger charge is -2.16. The Morgan fingerprint density at radius 3 is 2.71 bits per heavy atom. The molecular formula is C29H37NO5. The number of likely N-dealkylation sites (tertiary alicyclic amines) is 1. The molecule has 1 atom stereocenters. The molecule has 1 amide bonds. The Labute approximate surface area is 208 Å². The van der Waals surface area contributed by atoms with Crippen molar-refractivity contribution >= 4 is 17.7 Å². The Bertz CT molecular complexity index is 947. The number of allylic oxidation sites excluding steroid dienone is 4. The SMILES string of the molecule is CCOC(=O)CCCCCCN1CCC(C=CC(=O)CC2=CC(Oc3ccccc3)=CCC2)C1=O. The number of carbonyl (C=O) groups excluding carboxylic acids is 3. The maximum absolute atomic E-state index is 12.7. The molecule has 1 aromatic rings. The minimum absolute atomic E-state index is 0.0186. The van der Waals surface area contributed by atoms with Gasteiger partial charge in [-0.1, -0.05) is 42.7 Å². The molecule has 6 nitrogen and oxygen atoms in total. The van der Waals surface area contributed by atoms with Crippen molar-refractivity contribution in [3.05, 3.63) is 66.0 Å². The molecule has 1 aliphatic carbocycles. The maximum atomic E-state index is 12.7. The van der Waals surface area contributed by atoms with Gasteiger partial charge in [0.1, 0.15) is 11.5 Å². The number of ether oxygens (including phenoxy) is 2. The predicted octanol–water partition coefficient (Wildman–Crippen LogP) is 5.55. The summed E-state index contributed by atoms with van der Waals surface area (Å²) < 4.78 is 10.8. The van der Waals surface area contributed by atoms with Crippen molar-refractivity contribution in [1.82, 2.24) is 4.90 Å². The molecule has 1 aromatic carbocycles. The summed E-state index contributed by atoms with van der Waals surface area (Å²) in [6.45, 7) is 3.71. The van der Waals surface area contributed by atoms with Crippen LogP contribution in [0.5, 0.6) is 5.75 Å². The van der Waals surface area contributed by atoms with Crippen molar-refractivity contribution in [3.63, 3.8) is 0 Å². The van der Waals surface area contributed by atoms with E-state index in [-0.39, 0.29) is 23.6 Å². The maximum Gasteiger partial charge on any atom is 0.305 e. The Kier molecular flexibility index (Phi) is 10.8. The van der Waals surface area contributed by atoms with Crippen molar-refractivity contribution in [3.8, 4) is 5.75 Å². The van der Waals surface area contributed by atoms with E-state index in [2.05, 4.69) is 0 Å². The van der Waals surface area contributed by atoms with Crippen LogP contribution in [0.4, 0.5) is 0 Å². The van der Waals surface area contributed by atoms with Crippen LogP contribution in [0.3, 0.4) is 0 Å². The molecule has 6 heteroatoms. The zero-order valence-electron chi connectivity index (χ0n) is 20.7. The molecule has 1 saturated heterocycles. The number of nitrogens with zero attached hydrogens (tertiary/aromatic N) is 1. The summed E-state index contributed by atoms with van der Waals surface area (Å²) in [5, 5.41) is 0. The molecule has 1 aliphatic heterocycles. The van der Waals surface area contributed by atoms with E-state index in [0.29, 0.717) is 19.4 Å². The van der Waals surface area contributed by atoms with Gasteiger partial charge < -0.3 is 14.4 Å². The summed E-state index contributed by atoms with van der Waals surface area (Å²) in [6, 6.07) is 9.62. The normalized spacial score (nSPS) is 17.9. The van der Waals surface area contributed by atoms with Crippen molar-refractivity contribution in [2.24, 2.45) is 5.92 Å². The molecule has 188 valence electrons. The summed E-state index contributed by atoms with van der Waals surface area (Å²) in [5.41, 5.74) is 1.05. The van der Waals surface area contributed by atoms with Gasteiger partial charge in [0.25, 0.3) is 0 Å². The number of para-hydroxylation sites is 1. The van der Waals surface area contributed by atoms with Crippen LogP contribution in [0.25, 0.3) is 0 Å². The van der Waals surface area contributed by atoms with E-state index >= 15 is 0 Å². The highest BCUT2D eigenvalue weighted by Gasteiger charge is 2.29. The first-order valence-electron chi connectivity index (χ1n) is 12.8. The molecular weight excluding hydrogens is 442 g/mol. The highest BCUT2D eigenvalue weighted by atomic mass is 16.5. The molecule has 35 heavy (non-hydrogen) atoms. The van der Waals surface area contributed by atoms with Crippen molar-refractivity contribution in [2.45, 2.75) is 64.7 Å². The molecule has 0 aromatic heterocycles. The fourth-order valence-corrected chi connectivity index (χ4v) is 4.40. The zero-order chi connectivity index (χ0) is 24.9. The van der Waals surface area contributed by atoms with Crippen molar-refractivity contribution in [2.75, 3.05) is 19.7 Å². The van der Waals surface area contributed by atoms with Gasteiger partial charge in [-0.25, -0.2) is 0 Å². The summed E-state index contributed by atoms with van der Waals surface area (Å²) in [7, 11) is 0. The topological polar surface area (TPSA) is 72.9 Å². The van der Waals surface area contributed by atoms with E-state index in [1.54, 1.807) is 12.2 Å². The summed E-state index contributed by atoms with van der Waals surface area (Å²) in [4.78, 5) is 38.5. The first-order chi connectivity index (χ1) is 17.0. The van der Waals surface area contributed by atoms with Gasteiger partial charge in [-0.2, -0.15) is 0 Å². The molecule has 0 bridgehead atoms. The van der Waals surface area contributed by atoms with Crippen LogP contribution in [0.1, 0.15) is 64.7 Å². The van der Waals surface area contributed by atoms with Crippen LogP contribution in [-0.2, 0) is 19.1 Å². The van der Waals surface area contributed by atoms with E-state index in [0.717, 1.165) is 75.1 Å². The fourth-order valence-electron chi connectivity index (χ4n) is 4.40. The molecule has 0 N–H and O–H groups in total. The molecule has 0 radical (unpaired) electrons. The number of carbonyl (C=O) groups is 3. The smallest absolute Gasteiger partial charge is 0.305 e. The van der Waals surface area contributed by atoms with Crippen LogP contribution >= 0.6 is 0 Å². The Balaban J connectivity index is 1.36. The fraction of sp³-hybridized carbons (Fsp3) is 0.483. The van der Waals surface area contributed by atoms with Crippen LogP contribution in [0.2, 0.25) is 0 Å². The van der Waals surface area contributed by atoms with E-state index in [1.807, 2.05) is 54.3 Å². The van der Waals surface area contributed by atoms with Gasteiger partial charge in [0.2, 0.25) is 5.91 Å². The van der Waals surface area contributed by atoms with Crippen LogP contribution < -0.4 is 4.74 Å². The predicted molar refractivity (Wildman–Crippen MR) is 136 cm³/mol. The number of amides is 1. The van der Waals surface area contributed by atoms with Gasteiger partial charge in [0.05, 0.1) is 12.5 Å². The molecule has 1 fully saturated rings. The second-order valence-corrected chi connectivity index (χ2v) is 9.05. The van der Waals surface area contributed by atoms with E-state index < -0.39 is 0 Å². The van der Waals surface area contributed by atoms with Gasteiger partial charge in [0.15, 0.2) is 5.78 Å². The second-order valence-electron chi connectivity index (χ2n) is 9.05. The average Bonchev–Trinajstić information content (AvgIpc) is 3.20. The standard InChI is InChI=1S/C29H37NO5/c1-2-34-28(32)15-8-3-4-9-19-30-20-18-24(29(30)33)16-17-25(31)21-23-11-10-14-27(22-23)35-26-12-6-5-7-13-26/h5-7,12-14,16-17,22,24H,2-4,8-11,15,18-21H2,1H3. The Hall–Kier alpha value is -3.15. The van der Waals surface area contributed by atoms with Crippen molar-refractivity contribution in [1.29, 1.82) is 0 Å². The molecule has 1 unspecified atom stereocenters. The zero-order valence-corrected chi connectivity index (χ0v) is 20.7. The highest BCUT2D eigenvalue weighted by Crippen LogP contribution is 2.24. The number of ketones is 1. The number of hydrogen-bond acceptors (Lipinski definition) is 5. The number of unbranched alkanes of at least 4 members (excludes halogenated alkanes) is 3. The minimum atomic E-state index is -0.208. The summed E-state index contributed by atoms with van der Waals surface area (Å²) in [6.07, 6.45) is 14.3. The Morgan fingerprint density at radius 1 is 1.11 bits per heavy atom. The molecule has 0 spiro atoms. The van der Waals surface area contributed by atoms with Gasteiger partial charge >= 0.3 is 5.97 Å². The first kappa shape index (κ1) is 26.5. The van der Waals surface area contributed by atoms with Gasteiger partial charge in [-0.3, -0.25) is 14.4 Å². The lowest BCUT2D eigenvalue weighted by molar-refractivity contribution is -0.143. The van der Waals surface area contributed by atoms with E-state index in [9.17, 15) is 14.4 Å². The molecule has 2 aliphatic rings. The number of hydrogen-bond donors (Lipinski definition) is 0. The largest absolute Gasteiger partial charge is 0.466 e. The highest BCUT2D eigenvalue weighted by molar-refractivity contribution is 5.93. The van der Waals surface area contributed by atoms with Gasteiger partial charge in [-0.15, -0.1) is 0 Å². The third kappa shape index (κ3) is 9.19. The van der Waals surface area contributed by atoms with Crippen LogP contribution in [0, 0.1) is 5.92 Å². The van der Waals surface area contributed by atoms with Gasteiger partial charge in [-0.05, 0) is 69.4 Å². The monoisotopic (exact) mass is 479 g/mol. The number of rotatable bonds is 14. The van der Waals surface area contributed by atoms with Crippen LogP contribution in [-0.4, -0.2) is 42.3 Å². The second kappa shape index (κ2) is 14.3. The number of esters is 1. The summed E-state index contributed by atoms with van der Waals surface area (Å²) in [5.74, 6) is 1.34. The third-order valence-electron chi connectivity index (χ3n) is 6.26. The quantitative estimate of drug-likeness (QED) is 0.199. The van der Waals surface area contributed by atoms with Gasteiger partial charge in [0, 0.05) is 25.9 Å². The first-order valence-corrected chi connectivity index (χ1v) is 12.8. The van der Waals surface area contributed by atoms with Crippen molar-refractivity contribution < 1.29 is 23.9 Å². The summed E-state index contributed by atoms with van der Waals surface area (Å²) >= 11 is 0. The Morgan fingerprint density at radius 2 is 1.91 bits per heavy atom. The molecule has 0 saturated carbocycles. The van der Waals surface area contributed by atoms with E-state index in [1.165, 1.54) is 0 Å². The van der Waals surface area contributed by atoms with E-state index in [4.69, 9.17) is 9.47 Å². The molecule has 3 rings (SSSR count). The van der Waals surface area contributed by atoms with Crippen LogP contribution in [0.15, 0.2) is 66.0 Å². The minimum Gasteiger partial charge on any atom is -0.466 e. The third-order valence-corrected chi connectivity index (χ3v) is 6.26. The number of benzene rings is 1. The lowest BCUT2D eigenvalue weighted by atomic mass is 9.98. The lowest BCUT2D eigenvalue weighted by Crippen LogP contribution is -2.28. The molecule has 1 heterocycles.